The Labute approximate surface area is 149 Å². The molecule has 0 spiro atoms. The topological polar surface area (TPSA) is 68.7 Å². The van der Waals surface area contributed by atoms with Gasteiger partial charge in [-0.25, -0.2) is 14.2 Å². The van der Waals surface area contributed by atoms with Gasteiger partial charge in [0, 0.05) is 17.7 Å². The zero-order valence-corrected chi connectivity index (χ0v) is 13.6. The van der Waals surface area contributed by atoms with Crippen molar-refractivity contribution in [3.8, 4) is 17.4 Å². The van der Waals surface area contributed by atoms with Gasteiger partial charge in [-0.1, -0.05) is 24.3 Å². The molecule has 0 amide bonds. The first-order chi connectivity index (χ1) is 12.1. The number of pyridine rings is 1. The van der Waals surface area contributed by atoms with E-state index in [0.29, 0.717) is 0 Å². The summed E-state index contributed by atoms with van der Waals surface area (Å²) < 4.78 is 60.1. The van der Waals surface area contributed by atoms with Crippen molar-refractivity contribution in [1.29, 1.82) is 0 Å². The van der Waals surface area contributed by atoms with Crippen LogP contribution in [0.15, 0.2) is 31.0 Å². The first-order valence-electron chi connectivity index (χ1n) is 6.83. The first-order valence-corrected chi connectivity index (χ1v) is 7.20. The highest BCUT2D eigenvalue weighted by Crippen LogP contribution is 2.33. The average Bonchev–Trinajstić information content (AvgIpc) is 2.53. The van der Waals surface area contributed by atoms with Crippen molar-refractivity contribution in [3.63, 3.8) is 0 Å². The normalized spacial score (nSPS) is 11.1. The van der Waals surface area contributed by atoms with Crippen LogP contribution in [0.3, 0.4) is 0 Å². The van der Waals surface area contributed by atoms with Crippen molar-refractivity contribution in [2.45, 2.75) is 6.18 Å². The van der Waals surface area contributed by atoms with Gasteiger partial charge in [0.2, 0.25) is 5.88 Å². The zero-order chi connectivity index (χ0) is 19.5. The number of hydrogen-bond donors (Lipinski definition) is 1. The van der Waals surface area contributed by atoms with Gasteiger partial charge in [0.1, 0.15) is 22.3 Å². The number of aromatic carboxylic acids is 1. The van der Waals surface area contributed by atoms with Crippen molar-refractivity contribution >= 4 is 23.6 Å². The molecule has 1 aromatic carbocycles. The maximum Gasteiger partial charge on any atom is 0.422 e. The molecular weight excluding hydrogens is 382 g/mol. The van der Waals surface area contributed by atoms with Crippen LogP contribution in [0.4, 0.5) is 17.6 Å². The molecule has 0 bridgehead atoms. The number of alkyl halides is 3. The molecule has 26 heavy (non-hydrogen) atoms. The van der Waals surface area contributed by atoms with Crippen molar-refractivity contribution in [1.82, 2.24) is 4.98 Å². The first kappa shape index (κ1) is 19.5. The third-order valence-corrected chi connectivity index (χ3v) is 3.20. The van der Waals surface area contributed by atoms with E-state index in [1.54, 1.807) is 0 Å². The van der Waals surface area contributed by atoms with Crippen LogP contribution in [0.1, 0.15) is 15.9 Å². The molecule has 1 N–H and O–H groups in total. The standard InChI is InChI=1S/C16H10ClF4NO4/c1-2-8-3-10(15(23)24)12(18)5-13(8)26-9-4-11(17)14(22-6-9)25-7-16(19,20)21/h2-6H,1,7H2,(H,23,24). The second-order valence-electron chi connectivity index (χ2n) is 4.84. The van der Waals surface area contributed by atoms with E-state index in [1.807, 2.05) is 0 Å². The number of halogens is 5. The Morgan fingerprint density at radius 3 is 2.58 bits per heavy atom. The van der Waals surface area contributed by atoms with E-state index in [4.69, 9.17) is 21.4 Å². The largest absolute Gasteiger partial charge is 0.478 e. The molecule has 0 aliphatic heterocycles. The van der Waals surface area contributed by atoms with Crippen LogP contribution in [0.5, 0.6) is 17.4 Å². The molecule has 0 aliphatic rings. The lowest BCUT2D eigenvalue weighted by atomic mass is 10.1. The molecular formula is C16H10ClF4NO4. The van der Waals surface area contributed by atoms with Crippen LogP contribution in [0.25, 0.3) is 6.08 Å². The summed E-state index contributed by atoms with van der Waals surface area (Å²) in [5.41, 5.74) is -0.392. The molecule has 0 unspecified atom stereocenters. The van der Waals surface area contributed by atoms with Crippen LogP contribution in [0, 0.1) is 5.82 Å². The number of benzene rings is 1. The average molecular weight is 392 g/mol. The van der Waals surface area contributed by atoms with Gasteiger partial charge >= 0.3 is 12.1 Å². The Kier molecular flexibility index (Phi) is 5.71. The van der Waals surface area contributed by atoms with Gasteiger partial charge in [0.15, 0.2) is 6.61 Å². The fourth-order valence-electron chi connectivity index (χ4n) is 1.83. The summed E-state index contributed by atoms with van der Waals surface area (Å²) in [6.45, 7) is 1.91. The van der Waals surface area contributed by atoms with Crippen LogP contribution < -0.4 is 9.47 Å². The van der Waals surface area contributed by atoms with Crippen LogP contribution >= 0.6 is 11.6 Å². The third-order valence-electron chi connectivity index (χ3n) is 2.93. The van der Waals surface area contributed by atoms with Crippen molar-refractivity contribution in [2.24, 2.45) is 0 Å². The lowest BCUT2D eigenvalue weighted by Crippen LogP contribution is -2.19. The lowest BCUT2D eigenvalue weighted by molar-refractivity contribution is -0.154. The smallest absolute Gasteiger partial charge is 0.422 e. The number of carbonyl (C=O) groups is 1. The molecule has 1 heterocycles. The molecule has 10 heteroatoms. The maximum absolute atomic E-state index is 13.8. The third kappa shape index (κ3) is 4.85. The minimum absolute atomic E-state index is 0.0278. The summed E-state index contributed by atoms with van der Waals surface area (Å²) in [5.74, 6) is -3.06. The zero-order valence-electron chi connectivity index (χ0n) is 12.8. The lowest BCUT2D eigenvalue weighted by Gasteiger charge is -2.12. The van der Waals surface area contributed by atoms with Gasteiger partial charge in [-0.05, 0) is 6.07 Å². The molecule has 5 nitrogen and oxygen atoms in total. The van der Waals surface area contributed by atoms with E-state index >= 15 is 0 Å². The molecule has 1 aromatic heterocycles. The van der Waals surface area contributed by atoms with Gasteiger partial charge in [0.05, 0.1) is 11.8 Å². The molecule has 0 saturated heterocycles. The van der Waals surface area contributed by atoms with Crippen LogP contribution in [-0.4, -0.2) is 28.8 Å². The highest BCUT2D eigenvalue weighted by atomic mass is 35.5. The summed E-state index contributed by atoms with van der Waals surface area (Å²) in [5, 5.41) is 8.65. The fraction of sp³-hybridized carbons (Fsp3) is 0.125. The number of nitrogens with zero attached hydrogens (tertiary/aromatic N) is 1. The number of ether oxygens (including phenoxy) is 2. The Morgan fingerprint density at radius 1 is 1.35 bits per heavy atom. The predicted octanol–water partition coefficient (Wildman–Crippen LogP) is 4.95. The van der Waals surface area contributed by atoms with E-state index in [9.17, 15) is 22.4 Å². The Bertz CT molecular complexity index is 855. The molecule has 0 saturated carbocycles. The molecule has 2 aromatic rings. The fourth-order valence-corrected chi connectivity index (χ4v) is 2.04. The summed E-state index contributed by atoms with van der Waals surface area (Å²) in [4.78, 5) is 14.5. The number of rotatable bonds is 6. The van der Waals surface area contributed by atoms with E-state index in [-0.39, 0.29) is 22.1 Å². The molecule has 0 radical (unpaired) electrons. The number of carboxylic acid groups (broad SMARTS) is 1. The van der Waals surface area contributed by atoms with E-state index in [1.165, 1.54) is 6.08 Å². The van der Waals surface area contributed by atoms with Crippen LogP contribution in [-0.2, 0) is 0 Å². The van der Waals surface area contributed by atoms with Gasteiger partial charge in [-0.15, -0.1) is 0 Å². The molecule has 138 valence electrons. The van der Waals surface area contributed by atoms with Crippen molar-refractivity contribution in [2.75, 3.05) is 6.61 Å². The minimum atomic E-state index is -4.55. The highest BCUT2D eigenvalue weighted by molar-refractivity contribution is 6.31. The Balaban J connectivity index is 2.26. The van der Waals surface area contributed by atoms with Gasteiger partial charge in [-0.2, -0.15) is 13.2 Å². The van der Waals surface area contributed by atoms with Gasteiger partial charge in [0.25, 0.3) is 0 Å². The number of aromatic nitrogens is 1. The molecule has 0 fully saturated rings. The van der Waals surface area contributed by atoms with E-state index in [0.717, 1.165) is 24.4 Å². The van der Waals surface area contributed by atoms with E-state index < -0.39 is 36.0 Å². The Morgan fingerprint density at radius 2 is 2.04 bits per heavy atom. The number of hydrogen-bond acceptors (Lipinski definition) is 4. The summed E-state index contributed by atoms with van der Waals surface area (Å²) >= 11 is 5.79. The number of carboxylic acids is 1. The predicted molar refractivity (Wildman–Crippen MR) is 84.3 cm³/mol. The van der Waals surface area contributed by atoms with E-state index in [2.05, 4.69) is 16.3 Å². The van der Waals surface area contributed by atoms with Gasteiger partial charge < -0.3 is 14.6 Å². The maximum atomic E-state index is 13.8. The van der Waals surface area contributed by atoms with Crippen molar-refractivity contribution in [3.05, 3.63) is 52.9 Å². The van der Waals surface area contributed by atoms with Crippen LogP contribution in [0.2, 0.25) is 5.02 Å². The van der Waals surface area contributed by atoms with Crippen molar-refractivity contribution < 1.29 is 36.9 Å². The highest BCUT2D eigenvalue weighted by Gasteiger charge is 2.29. The molecule has 2 rings (SSSR count). The second-order valence-corrected chi connectivity index (χ2v) is 5.25. The molecule has 0 atom stereocenters. The molecule has 0 aliphatic carbocycles. The second kappa shape index (κ2) is 7.61. The minimum Gasteiger partial charge on any atom is -0.478 e. The monoisotopic (exact) mass is 391 g/mol. The summed E-state index contributed by atoms with van der Waals surface area (Å²) in [7, 11) is 0. The quantitative estimate of drug-likeness (QED) is 0.706. The summed E-state index contributed by atoms with van der Waals surface area (Å²) in [6.07, 6.45) is -2.28. The summed E-state index contributed by atoms with van der Waals surface area (Å²) in [6, 6.07) is 2.98. The Hall–Kier alpha value is -2.81. The van der Waals surface area contributed by atoms with Gasteiger partial charge in [-0.3, -0.25) is 0 Å². The SMILES string of the molecule is C=Cc1cc(C(=O)O)c(F)cc1Oc1cnc(OCC(F)(F)F)c(Cl)c1.